The lowest BCUT2D eigenvalue weighted by Crippen LogP contribution is -2.66. The summed E-state index contributed by atoms with van der Waals surface area (Å²) in [5.74, 6) is 0.453. The van der Waals surface area contributed by atoms with Gasteiger partial charge in [-0.05, 0) is 53.1 Å². The number of rotatable bonds is 14. The molecule has 0 heterocycles. The fraction of sp³-hybridized carbons (Fsp3) is 0.448. The normalized spacial score (nSPS) is 14.9. The molecule has 2 rings (SSSR count). The molecule has 0 aromatic heterocycles. The highest BCUT2D eigenvalue weighted by atomic mass is 28.4. The summed E-state index contributed by atoms with van der Waals surface area (Å²) in [6.07, 6.45) is 5.89. The van der Waals surface area contributed by atoms with Crippen molar-refractivity contribution in [2.45, 2.75) is 70.8 Å². The van der Waals surface area contributed by atoms with E-state index in [4.69, 9.17) is 9.16 Å². The Morgan fingerprint density at radius 2 is 1.52 bits per heavy atom. The Kier molecular flexibility index (Phi) is 10.8. The summed E-state index contributed by atoms with van der Waals surface area (Å²) in [4.78, 5) is 0. The van der Waals surface area contributed by atoms with Gasteiger partial charge in [0, 0.05) is 6.61 Å². The van der Waals surface area contributed by atoms with Crippen molar-refractivity contribution in [2.75, 3.05) is 6.61 Å². The molecule has 0 bridgehead atoms. The molecule has 4 heteroatoms. The third-order valence-electron chi connectivity index (χ3n) is 6.20. The molecule has 0 saturated heterocycles. The standard InChI is InChI=1S/C29H42O3Si/c1-7-16-25(32-28(30)8-2)23-24(3)17-15-22-31-33(29(4,5)6,26-18-11-9-12-19-26)27-20-13-10-14-21-27/h7-14,18-21,24-25,28,30H,1-2,15-17,22-23H2,3-6H3. The second-order valence-corrected chi connectivity index (χ2v) is 14.2. The van der Waals surface area contributed by atoms with Gasteiger partial charge in [-0.25, -0.2) is 0 Å². The highest BCUT2D eigenvalue weighted by molar-refractivity contribution is 6.99. The van der Waals surface area contributed by atoms with Gasteiger partial charge in [-0.2, -0.15) is 0 Å². The van der Waals surface area contributed by atoms with Crippen molar-refractivity contribution >= 4 is 18.7 Å². The van der Waals surface area contributed by atoms with E-state index in [1.54, 1.807) is 0 Å². The Balaban J connectivity index is 2.11. The summed E-state index contributed by atoms with van der Waals surface area (Å²) in [5.41, 5.74) is 0. The summed E-state index contributed by atoms with van der Waals surface area (Å²) in [7, 11) is -2.47. The van der Waals surface area contributed by atoms with E-state index in [0.29, 0.717) is 12.3 Å². The van der Waals surface area contributed by atoms with Crippen molar-refractivity contribution in [1.82, 2.24) is 0 Å². The molecular formula is C29H42O3Si. The van der Waals surface area contributed by atoms with Crippen molar-refractivity contribution in [2.24, 2.45) is 5.92 Å². The highest BCUT2D eigenvalue weighted by Crippen LogP contribution is 2.37. The van der Waals surface area contributed by atoms with Gasteiger partial charge in [0.25, 0.3) is 8.32 Å². The zero-order valence-corrected chi connectivity index (χ0v) is 21.9. The highest BCUT2D eigenvalue weighted by Gasteiger charge is 2.49. The Morgan fingerprint density at radius 1 is 0.970 bits per heavy atom. The van der Waals surface area contributed by atoms with Crippen molar-refractivity contribution in [3.8, 4) is 0 Å². The van der Waals surface area contributed by atoms with Gasteiger partial charge in [0.1, 0.15) is 0 Å². The van der Waals surface area contributed by atoms with E-state index in [9.17, 15) is 5.11 Å². The van der Waals surface area contributed by atoms with Crippen LogP contribution in [0.4, 0.5) is 0 Å². The Labute approximate surface area is 202 Å². The molecule has 2 aromatic rings. The van der Waals surface area contributed by atoms with Crippen molar-refractivity contribution in [3.63, 3.8) is 0 Å². The van der Waals surface area contributed by atoms with Crippen LogP contribution in [-0.4, -0.2) is 32.4 Å². The lowest BCUT2D eigenvalue weighted by molar-refractivity contribution is -0.109. The molecule has 180 valence electrons. The average molecular weight is 467 g/mol. The third kappa shape index (κ3) is 7.51. The van der Waals surface area contributed by atoms with E-state index in [-0.39, 0.29) is 11.1 Å². The maximum absolute atomic E-state index is 9.77. The Hall–Kier alpha value is -1.98. The second kappa shape index (κ2) is 13.0. The topological polar surface area (TPSA) is 38.7 Å². The number of aliphatic hydroxyl groups excluding tert-OH is 1. The molecule has 0 aliphatic heterocycles. The van der Waals surface area contributed by atoms with Crippen LogP contribution in [0.3, 0.4) is 0 Å². The van der Waals surface area contributed by atoms with Gasteiger partial charge in [-0.15, -0.1) is 6.58 Å². The van der Waals surface area contributed by atoms with E-state index in [1.807, 2.05) is 6.08 Å². The average Bonchev–Trinajstić information content (AvgIpc) is 2.79. The van der Waals surface area contributed by atoms with Gasteiger partial charge in [0.05, 0.1) is 6.10 Å². The fourth-order valence-electron chi connectivity index (χ4n) is 4.63. The van der Waals surface area contributed by atoms with Crippen LogP contribution in [0, 0.1) is 5.92 Å². The second-order valence-electron chi connectivity index (χ2n) is 9.90. The maximum atomic E-state index is 9.77. The molecule has 0 saturated carbocycles. The molecular weight excluding hydrogens is 424 g/mol. The Bertz CT molecular complexity index is 789. The molecule has 0 aliphatic rings. The predicted octanol–water partition coefficient (Wildman–Crippen LogP) is 5.84. The maximum Gasteiger partial charge on any atom is 0.261 e. The number of hydrogen-bond acceptors (Lipinski definition) is 3. The first-order valence-corrected chi connectivity index (χ1v) is 14.0. The molecule has 0 spiro atoms. The van der Waals surface area contributed by atoms with E-state index in [2.05, 4.69) is 102 Å². The van der Waals surface area contributed by atoms with Crippen LogP contribution in [0.1, 0.15) is 53.4 Å². The minimum Gasteiger partial charge on any atom is -0.407 e. The van der Waals surface area contributed by atoms with Gasteiger partial charge in [0.15, 0.2) is 6.29 Å². The number of ether oxygens (including phenoxy) is 1. The van der Waals surface area contributed by atoms with E-state index in [1.165, 1.54) is 16.4 Å². The number of benzene rings is 2. The summed E-state index contributed by atoms with van der Waals surface area (Å²) in [6, 6.07) is 21.5. The summed E-state index contributed by atoms with van der Waals surface area (Å²) in [6.45, 7) is 17.3. The molecule has 3 nitrogen and oxygen atoms in total. The van der Waals surface area contributed by atoms with Crippen LogP contribution in [0.15, 0.2) is 86.0 Å². The quantitative estimate of drug-likeness (QED) is 0.165. The molecule has 0 radical (unpaired) electrons. The minimum absolute atomic E-state index is 0.00888. The summed E-state index contributed by atoms with van der Waals surface area (Å²) in [5, 5.41) is 12.4. The first-order chi connectivity index (χ1) is 15.7. The van der Waals surface area contributed by atoms with Crippen LogP contribution < -0.4 is 10.4 Å². The fourth-order valence-corrected chi connectivity index (χ4v) is 9.24. The SMILES string of the molecule is C=CCC(CC(C)CCCO[Si](c1ccccc1)(c1ccccc1)C(C)(C)C)OC(O)C=C. The number of aliphatic hydroxyl groups is 1. The zero-order valence-electron chi connectivity index (χ0n) is 20.9. The minimum atomic E-state index is -2.47. The number of hydrogen-bond donors (Lipinski definition) is 1. The molecule has 0 fully saturated rings. The van der Waals surface area contributed by atoms with Gasteiger partial charge in [-0.3, -0.25) is 0 Å². The first kappa shape index (κ1) is 27.3. The Morgan fingerprint density at radius 3 is 1.97 bits per heavy atom. The molecule has 0 aliphatic carbocycles. The lowest BCUT2D eigenvalue weighted by atomic mass is 9.97. The molecule has 2 aromatic carbocycles. The van der Waals surface area contributed by atoms with Gasteiger partial charge in [-0.1, -0.05) is 101 Å². The van der Waals surface area contributed by atoms with Crippen LogP contribution in [0.25, 0.3) is 0 Å². The van der Waals surface area contributed by atoms with Crippen LogP contribution in [0.5, 0.6) is 0 Å². The molecule has 33 heavy (non-hydrogen) atoms. The van der Waals surface area contributed by atoms with Gasteiger partial charge in [0.2, 0.25) is 0 Å². The van der Waals surface area contributed by atoms with E-state index in [0.717, 1.165) is 25.9 Å². The largest absolute Gasteiger partial charge is 0.407 e. The van der Waals surface area contributed by atoms with Crippen molar-refractivity contribution < 1.29 is 14.3 Å². The summed E-state index contributed by atoms with van der Waals surface area (Å²) < 4.78 is 12.7. The van der Waals surface area contributed by atoms with Crippen LogP contribution in [-0.2, 0) is 9.16 Å². The van der Waals surface area contributed by atoms with Crippen molar-refractivity contribution in [3.05, 3.63) is 86.0 Å². The van der Waals surface area contributed by atoms with Gasteiger partial charge < -0.3 is 14.3 Å². The lowest BCUT2D eigenvalue weighted by Gasteiger charge is -2.43. The summed E-state index contributed by atoms with van der Waals surface area (Å²) >= 11 is 0. The third-order valence-corrected chi connectivity index (χ3v) is 11.2. The first-order valence-electron chi connectivity index (χ1n) is 12.1. The molecule has 1 N–H and O–H groups in total. The van der Waals surface area contributed by atoms with E-state index < -0.39 is 14.6 Å². The van der Waals surface area contributed by atoms with E-state index >= 15 is 0 Å². The van der Waals surface area contributed by atoms with Crippen LogP contribution in [0.2, 0.25) is 5.04 Å². The zero-order chi connectivity index (χ0) is 24.3. The van der Waals surface area contributed by atoms with Crippen LogP contribution >= 0.6 is 0 Å². The molecule has 0 amide bonds. The monoisotopic (exact) mass is 466 g/mol. The van der Waals surface area contributed by atoms with Crippen molar-refractivity contribution in [1.29, 1.82) is 0 Å². The smallest absolute Gasteiger partial charge is 0.261 e. The predicted molar refractivity (Wildman–Crippen MR) is 142 cm³/mol. The van der Waals surface area contributed by atoms with Gasteiger partial charge >= 0.3 is 0 Å². The molecule has 3 unspecified atom stereocenters. The molecule has 3 atom stereocenters.